The Balaban J connectivity index is 0.00000450. The molecule has 0 radical (unpaired) electrons. The van der Waals surface area contributed by atoms with E-state index in [4.69, 9.17) is 16.3 Å². The van der Waals surface area contributed by atoms with Crippen LogP contribution in [0.25, 0.3) is 0 Å². The molecular formula is C22H30ClIN4O2. The normalized spacial score (nSPS) is 10.7. The fourth-order valence-electron chi connectivity index (χ4n) is 2.50. The van der Waals surface area contributed by atoms with E-state index in [9.17, 15) is 4.79 Å². The van der Waals surface area contributed by atoms with Crippen LogP contribution in [-0.2, 0) is 17.8 Å². The Morgan fingerprint density at radius 1 is 1.10 bits per heavy atom. The van der Waals surface area contributed by atoms with Crippen LogP contribution in [0.2, 0.25) is 5.02 Å². The van der Waals surface area contributed by atoms with Crippen molar-refractivity contribution < 1.29 is 9.53 Å². The maximum Gasteiger partial charge on any atom is 0.259 e. The monoisotopic (exact) mass is 544 g/mol. The van der Waals surface area contributed by atoms with Crippen molar-refractivity contribution in [2.24, 2.45) is 4.99 Å². The lowest BCUT2D eigenvalue weighted by molar-refractivity contribution is -0.130. The maximum atomic E-state index is 11.7. The van der Waals surface area contributed by atoms with Crippen LogP contribution in [0.4, 0.5) is 0 Å². The zero-order valence-electron chi connectivity index (χ0n) is 17.7. The van der Waals surface area contributed by atoms with Crippen LogP contribution in [0, 0.1) is 0 Å². The van der Waals surface area contributed by atoms with Crippen molar-refractivity contribution in [1.29, 1.82) is 0 Å². The van der Waals surface area contributed by atoms with Crippen LogP contribution in [0.15, 0.2) is 53.5 Å². The second kappa shape index (κ2) is 14.1. The van der Waals surface area contributed by atoms with Crippen molar-refractivity contribution in [2.75, 3.05) is 33.8 Å². The number of guanidine groups is 1. The van der Waals surface area contributed by atoms with Crippen LogP contribution in [0.1, 0.15) is 18.1 Å². The third kappa shape index (κ3) is 9.67. The second-order valence-corrected chi connectivity index (χ2v) is 7.16. The summed E-state index contributed by atoms with van der Waals surface area (Å²) in [6.45, 7) is 4.11. The van der Waals surface area contributed by atoms with Gasteiger partial charge in [0.2, 0.25) is 0 Å². The molecule has 0 unspecified atom stereocenters. The lowest BCUT2D eigenvalue weighted by Gasteiger charge is -2.13. The summed E-state index contributed by atoms with van der Waals surface area (Å²) in [5, 5.41) is 7.34. The van der Waals surface area contributed by atoms with Crippen LogP contribution in [0.5, 0.6) is 5.75 Å². The highest BCUT2D eigenvalue weighted by Crippen LogP contribution is 2.14. The molecule has 0 aliphatic rings. The highest BCUT2D eigenvalue weighted by molar-refractivity contribution is 14.0. The number of nitrogens with zero attached hydrogens (tertiary/aromatic N) is 2. The van der Waals surface area contributed by atoms with E-state index >= 15 is 0 Å². The molecule has 0 aliphatic carbocycles. The van der Waals surface area contributed by atoms with E-state index in [1.165, 1.54) is 10.5 Å². The molecule has 2 N–H and O–H groups in total. The van der Waals surface area contributed by atoms with Crippen molar-refractivity contribution in [3.05, 3.63) is 64.7 Å². The van der Waals surface area contributed by atoms with Gasteiger partial charge in [-0.25, -0.2) is 4.99 Å². The third-order valence-corrected chi connectivity index (χ3v) is 4.39. The van der Waals surface area contributed by atoms with Gasteiger partial charge in [-0.15, -0.1) is 24.0 Å². The summed E-state index contributed by atoms with van der Waals surface area (Å²) < 4.78 is 5.57. The molecule has 1 amide bonds. The minimum absolute atomic E-state index is 0. The zero-order chi connectivity index (χ0) is 21.1. The Bertz CT molecular complexity index is 813. The first-order chi connectivity index (χ1) is 14.0. The molecule has 2 rings (SSSR count). The van der Waals surface area contributed by atoms with Gasteiger partial charge in [-0.2, -0.15) is 0 Å². The van der Waals surface area contributed by atoms with Gasteiger partial charge in [-0.05, 0) is 48.7 Å². The van der Waals surface area contributed by atoms with Gasteiger partial charge in [0.05, 0.1) is 6.54 Å². The quantitative estimate of drug-likeness (QED) is 0.287. The van der Waals surface area contributed by atoms with Gasteiger partial charge in [0.1, 0.15) is 5.75 Å². The molecule has 0 saturated heterocycles. The van der Waals surface area contributed by atoms with Gasteiger partial charge in [0.15, 0.2) is 12.6 Å². The molecule has 0 fully saturated rings. The summed E-state index contributed by atoms with van der Waals surface area (Å²) in [5.74, 6) is 1.34. The fourth-order valence-corrected chi connectivity index (χ4v) is 2.62. The SMILES string of the molecule is CCNC(=NCc1cccc(OCC(=O)N(C)C)c1)NCCc1ccc(Cl)cc1.I. The third-order valence-electron chi connectivity index (χ3n) is 4.14. The largest absolute Gasteiger partial charge is 0.484 e. The number of amides is 1. The second-order valence-electron chi connectivity index (χ2n) is 6.72. The molecule has 164 valence electrons. The summed E-state index contributed by atoms with van der Waals surface area (Å²) in [4.78, 5) is 17.8. The zero-order valence-corrected chi connectivity index (χ0v) is 20.7. The van der Waals surface area contributed by atoms with Crippen molar-refractivity contribution in [3.63, 3.8) is 0 Å². The number of likely N-dealkylation sites (N-methyl/N-ethyl adjacent to an activating group) is 1. The number of aliphatic imine (C=N–C) groups is 1. The predicted molar refractivity (Wildman–Crippen MR) is 134 cm³/mol. The molecule has 2 aromatic rings. The molecule has 6 nitrogen and oxygen atoms in total. The number of ether oxygens (including phenoxy) is 1. The van der Waals surface area contributed by atoms with Gasteiger partial charge in [-0.3, -0.25) is 4.79 Å². The first-order valence-corrected chi connectivity index (χ1v) is 10.0. The average Bonchev–Trinajstić information content (AvgIpc) is 2.72. The van der Waals surface area contributed by atoms with Gasteiger partial charge < -0.3 is 20.3 Å². The number of carbonyl (C=O) groups is 1. The lowest BCUT2D eigenvalue weighted by Crippen LogP contribution is -2.38. The van der Waals surface area contributed by atoms with Crippen LogP contribution in [0.3, 0.4) is 0 Å². The number of benzene rings is 2. The molecule has 0 bridgehead atoms. The summed E-state index contributed by atoms with van der Waals surface area (Å²) in [5.41, 5.74) is 2.23. The summed E-state index contributed by atoms with van der Waals surface area (Å²) in [6, 6.07) is 15.5. The van der Waals surface area contributed by atoms with Crippen LogP contribution < -0.4 is 15.4 Å². The Kier molecular flexibility index (Phi) is 12.2. The molecule has 30 heavy (non-hydrogen) atoms. The van der Waals surface area contributed by atoms with Gasteiger partial charge >= 0.3 is 0 Å². The number of halogens is 2. The molecule has 2 aromatic carbocycles. The van der Waals surface area contributed by atoms with E-state index < -0.39 is 0 Å². The Morgan fingerprint density at radius 2 is 1.83 bits per heavy atom. The molecule has 0 spiro atoms. The Hall–Kier alpha value is -2.00. The number of nitrogens with one attached hydrogen (secondary N) is 2. The first-order valence-electron chi connectivity index (χ1n) is 9.66. The van der Waals surface area contributed by atoms with Gasteiger partial charge in [0, 0.05) is 32.2 Å². The Morgan fingerprint density at radius 3 is 2.50 bits per heavy atom. The van der Waals surface area contributed by atoms with Crippen LogP contribution >= 0.6 is 35.6 Å². The van der Waals surface area contributed by atoms with E-state index in [2.05, 4.69) is 15.6 Å². The molecular weight excluding hydrogens is 515 g/mol. The molecule has 0 aliphatic heterocycles. The van der Waals surface area contributed by atoms with Crippen molar-refractivity contribution in [1.82, 2.24) is 15.5 Å². The van der Waals surface area contributed by atoms with E-state index in [-0.39, 0.29) is 36.5 Å². The molecule has 0 aromatic heterocycles. The Labute approximate surface area is 201 Å². The van der Waals surface area contributed by atoms with E-state index in [0.717, 1.165) is 36.1 Å². The number of hydrogen-bond donors (Lipinski definition) is 2. The average molecular weight is 545 g/mol. The molecule has 8 heteroatoms. The van der Waals surface area contributed by atoms with E-state index in [0.29, 0.717) is 12.3 Å². The minimum Gasteiger partial charge on any atom is -0.484 e. The molecule has 0 atom stereocenters. The lowest BCUT2D eigenvalue weighted by atomic mass is 10.1. The van der Waals surface area contributed by atoms with E-state index in [1.807, 2.05) is 55.5 Å². The highest BCUT2D eigenvalue weighted by Gasteiger charge is 2.05. The van der Waals surface area contributed by atoms with E-state index in [1.54, 1.807) is 14.1 Å². The number of rotatable bonds is 9. The van der Waals surface area contributed by atoms with Crippen molar-refractivity contribution in [2.45, 2.75) is 19.9 Å². The smallest absolute Gasteiger partial charge is 0.259 e. The van der Waals surface area contributed by atoms with Gasteiger partial charge in [-0.1, -0.05) is 35.9 Å². The summed E-state index contributed by atoms with van der Waals surface area (Å²) >= 11 is 5.92. The minimum atomic E-state index is -0.0762. The molecule has 0 heterocycles. The van der Waals surface area contributed by atoms with Gasteiger partial charge in [0.25, 0.3) is 5.91 Å². The van der Waals surface area contributed by atoms with Crippen molar-refractivity contribution in [3.8, 4) is 5.75 Å². The first kappa shape index (κ1) is 26.0. The highest BCUT2D eigenvalue weighted by atomic mass is 127. The fraction of sp³-hybridized carbons (Fsp3) is 0.364. The summed E-state index contributed by atoms with van der Waals surface area (Å²) in [6.07, 6.45) is 0.880. The van der Waals surface area contributed by atoms with Crippen molar-refractivity contribution >= 4 is 47.4 Å². The maximum absolute atomic E-state index is 11.7. The number of carbonyl (C=O) groups excluding carboxylic acids is 1. The summed E-state index contributed by atoms with van der Waals surface area (Å²) in [7, 11) is 3.41. The van der Waals surface area contributed by atoms with Crippen LogP contribution in [-0.4, -0.2) is 50.6 Å². The number of hydrogen-bond acceptors (Lipinski definition) is 3. The topological polar surface area (TPSA) is 66.0 Å². The predicted octanol–water partition coefficient (Wildman–Crippen LogP) is 3.72. The molecule has 0 saturated carbocycles. The standard InChI is InChI=1S/C22H29ClN4O2.HI/c1-4-24-22(25-13-12-17-8-10-19(23)11-9-17)26-15-18-6-5-7-20(14-18)29-16-21(28)27(2)3;/h5-11,14H,4,12-13,15-16H2,1-3H3,(H2,24,25,26);1H.